The number of halogens is 3. The van der Waals surface area contributed by atoms with E-state index >= 15 is 0 Å². The van der Waals surface area contributed by atoms with Crippen molar-refractivity contribution in [1.29, 1.82) is 0 Å². The molecule has 164 valence electrons. The van der Waals surface area contributed by atoms with E-state index in [1.807, 2.05) is 0 Å². The Balaban J connectivity index is 1.67. The number of rotatable bonds is 5. The Morgan fingerprint density at radius 3 is 2.50 bits per heavy atom. The summed E-state index contributed by atoms with van der Waals surface area (Å²) < 4.78 is 6.71. The minimum Gasteiger partial charge on any atom is -0.504 e. The Labute approximate surface area is 197 Å². The fraction of sp³-hybridized carbons (Fsp3) is 0.227. The Morgan fingerprint density at radius 2 is 1.88 bits per heavy atom. The molecule has 0 amide bonds. The van der Waals surface area contributed by atoms with E-state index in [1.54, 1.807) is 35.0 Å². The predicted molar refractivity (Wildman–Crippen MR) is 123 cm³/mol. The Kier molecular flexibility index (Phi) is 5.28. The second-order valence-corrected chi connectivity index (χ2v) is 8.93. The zero-order valence-corrected chi connectivity index (χ0v) is 19.1. The van der Waals surface area contributed by atoms with E-state index in [2.05, 4.69) is 15.1 Å². The van der Waals surface area contributed by atoms with Crippen LogP contribution in [0.2, 0.25) is 15.1 Å². The van der Waals surface area contributed by atoms with E-state index in [4.69, 9.17) is 39.5 Å². The molecule has 2 heterocycles. The third-order valence-corrected chi connectivity index (χ3v) is 6.21. The lowest BCUT2D eigenvalue weighted by atomic mass is 10.1. The van der Waals surface area contributed by atoms with Crippen LogP contribution in [0, 0.1) is 0 Å². The Bertz CT molecular complexity index is 1350. The van der Waals surface area contributed by atoms with Crippen molar-refractivity contribution in [1.82, 2.24) is 19.7 Å². The topological polar surface area (TPSA) is 93.0 Å². The molecule has 0 spiro atoms. The molecule has 0 aromatic heterocycles. The number of aromatic hydroxyl groups is 1. The molecular weight excluding hydrogens is 475 g/mol. The molecule has 1 aliphatic carbocycles. The fourth-order valence-electron chi connectivity index (χ4n) is 3.78. The summed E-state index contributed by atoms with van der Waals surface area (Å²) >= 11 is 19.0. The molecule has 32 heavy (non-hydrogen) atoms. The SMILES string of the molecule is COc1ccc(Cc2nc3n(-c4c(Cl)cc(Cl)cc4Cl)[nH]c(C4CC4)c-3c(=O)n2)cc1O. The van der Waals surface area contributed by atoms with Gasteiger partial charge in [0.25, 0.3) is 5.56 Å². The van der Waals surface area contributed by atoms with E-state index in [0.717, 1.165) is 24.1 Å². The van der Waals surface area contributed by atoms with Crippen molar-refractivity contribution < 1.29 is 9.84 Å². The number of methoxy groups -OCH3 is 1. The zero-order valence-electron chi connectivity index (χ0n) is 16.8. The molecule has 2 aromatic carbocycles. The smallest absolute Gasteiger partial charge is 0.284 e. The molecule has 2 aliphatic heterocycles. The summed E-state index contributed by atoms with van der Waals surface area (Å²) in [7, 11) is 1.48. The van der Waals surface area contributed by atoms with E-state index in [0.29, 0.717) is 43.7 Å². The average Bonchev–Trinajstić information content (AvgIpc) is 3.50. The van der Waals surface area contributed by atoms with Crippen LogP contribution in [0.4, 0.5) is 0 Å². The van der Waals surface area contributed by atoms with Crippen LogP contribution in [-0.4, -0.2) is 32.0 Å². The third kappa shape index (κ3) is 3.70. The minimum atomic E-state index is -0.374. The van der Waals surface area contributed by atoms with Gasteiger partial charge >= 0.3 is 0 Å². The highest BCUT2D eigenvalue weighted by molar-refractivity contribution is 6.40. The summed E-state index contributed by atoms with van der Waals surface area (Å²) in [6.07, 6.45) is 2.20. The van der Waals surface area contributed by atoms with Gasteiger partial charge in [-0.15, -0.1) is 0 Å². The van der Waals surface area contributed by atoms with E-state index in [-0.39, 0.29) is 23.6 Å². The summed E-state index contributed by atoms with van der Waals surface area (Å²) in [5.74, 6) is 1.30. The molecule has 1 saturated carbocycles. The van der Waals surface area contributed by atoms with Gasteiger partial charge in [-0.25, -0.2) is 9.67 Å². The monoisotopic (exact) mass is 490 g/mol. The predicted octanol–water partition coefficient (Wildman–Crippen LogP) is 5.20. The van der Waals surface area contributed by atoms with Crippen molar-refractivity contribution in [2.75, 3.05) is 7.11 Å². The molecule has 0 radical (unpaired) electrons. The number of ether oxygens (including phenoxy) is 1. The van der Waals surface area contributed by atoms with Crippen LogP contribution in [0.1, 0.15) is 35.8 Å². The number of phenols is 1. The summed E-state index contributed by atoms with van der Waals surface area (Å²) in [5.41, 5.74) is 2.02. The molecule has 2 aromatic rings. The maximum Gasteiger partial charge on any atom is 0.284 e. The van der Waals surface area contributed by atoms with Crippen molar-refractivity contribution in [2.24, 2.45) is 0 Å². The largest absolute Gasteiger partial charge is 0.504 e. The number of benzene rings is 2. The van der Waals surface area contributed by atoms with Crippen LogP contribution in [0.25, 0.3) is 17.1 Å². The van der Waals surface area contributed by atoms with E-state index in [1.165, 1.54) is 7.11 Å². The molecule has 3 aliphatic rings. The lowest BCUT2D eigenvalue weighted by Crippen LogP contribution is -2.17. The summed E-state index contributed by atoms with van der Waals surface area (Å²) in [6, 6.07) is 8.16. The maximum atomic E-state index is 13.0. The average molecular weight is 492 g/mol. The van der Waals surface area contributed by atoms with Crippen LogP contribution in [0.5, 0.6) is 11.5 Å². The highest BCUT2D eigenvalue weighted by Crippen LogP contribution is 2.44. The molecule has 0 atom stereocenters. The van der Waals surface area contributed by atoms with Crippen molar-refractivity contribution in [2.45, 2.75) is 25.2 Å². The van der Waals surface area contributed by atoms with Gasteiger partial charge in [-0.2, -0.15) is 4.98 Å². The fourth-order valence-corrected chi connectivity index (χ4v) is 4.77. The molecule has 0 saturated heterocycles. The number of aromatic nitrogens is 4. The van der Waals surface area contributed by atoms with Crippen LogP contribution in [0.15, 0.2) is 35.1 Å². The van der Waals surface area contributed by atoms with Gasteiger partial charge in [0, 0.05) is 17.4 Å². The Hall–Kier alpha value is -2.74. The first-order valence-electron chi connectivity index (χ1n) is 9.88. The molecule has 10 heteroatoms. The Morgan fingerprint density at radius 1 is 1.16 bits per heavy atom. The number of fused-ring (bicyclic) bond motifs is 1. The number of phenolic OH excluding ortho intramolecular Hbond substituents is 1. The van der Waals surface area contributed by atoms with Gasteiger partial charge in [-0.05, 0) is 42.7 Å². The first kappa shape index (κ1) is 21.1. The summed E-state index contributed by atoms with van der Waals surface area (Å²) in [5, 5.41) is 14.4. The van der Waals surface area contributed by atoms with Crippen LogP contribution >= 0.6 is 34.8 Å². The zero-order chi connectivity index (χ0) is 22.6. The van der Waals surface area contributed by atoms with Crippen molar-refractivity contribution >= 4 is 34.8 Å². The molecule has 0 bridgehead atoms. The molecule has 0 unspecified atom stereocenters. The lowest BCUT2D eigenvalue weighted by molar-refractivity contribution is 0.373. The first-order chi connectivity index (χ1) is 15.4. The number of nitrogens with one attached hydrogen (secondary N) is 1. The second-order valence-electron chi connectivity index (χ2n) is 7.68. The molecule has 5 rings (SSSR count). The number of nitrogens with zero attached hydrogens (tertiary/aromatic N) is 3. The van der Waals surface area contributed by atoms with Crippen LogP contribution in [0.3, 0.4) is 0 Å². The minimum absolute atomic E-state index is 0.000816. The second kappa shape index (κ2) is 7.99. The number of aromatic amines is 1. The quantitative estimate of drug-likeness (QED) is 0.400. The standard InChI is InChI=1S/C22H17Cl3N4O3/c1-32-16-5-2-10(6-15(16)30)7-17-26-21-18(22(31)27-17)19(11-3-4-11)28-29(21)20-13(24)8-12(23)9-14(20)25/h2,5-6,8-9,11,28,30H,3-4,7H2,1H3. The number of hydrogen-bond donors (Lipinski definition) is 2. The highest BCUT2D eigenvalue weighted by atomic mass is 35.5. The van der Waals surface area contributed by atoms with Gasteiger partial charge in [0.15, 0.2) is 17.3 Å². The third-order valence-electron chi connectivity index (χ3n) is 5.41. The molecular formula is C22H17Cl3N4O3. The number of H-pyrrole nitrogens is 1. The maximum absolute atomic E-state index is 13.0. The van der Waals surface area contributed by atoms with Gasteiger partial charge in [-0.1, -0.05) is 40.9 Å². The lowest BCUT2D eigenvalue weighted by Gasteiger charge is -2.12. The highest BCUT2D eigenvalue weighted by Gasteiger charge is 2.34. The van der Waals surface area contributed by atoms with Crippen molar-refractivity contribution in [3.8, 4) is 28.6 Å². The van der Waals surface area contributed by atoms with Gasteiger partial charge in [-0.3, -0.25) is 9.89 Å². The summed E-state index contributed by atoms with van der Waals surface area (Å²) in [6.45, 7) is 0. The van der Waals surface area contributed by atoms with E-state index in [9.17, 15) is 9.90 Å². The van der Waals surface area contributed by atoms with Crippen LogP contribution < -0.4 is 10.3 Å². The molecule has 2 N–H and O–H groups in total. The normalized spacial score (nSPS) is 13.6. The van der Waals surface area contributed by atoms with Crippen molar-refractivity contribution in [3.63, 3.8) is 0 Å². The van der Waals surface area contributed by atoms with Gasteiger partial charge in [0.1, 0.15) is 17.1 Å². The first-order valence-corrected chi connectivity index (χ1v) is 11.0. The molecule has 1 fully saturated rings. The summed E-state index contributed by atoms with van der Waals surface area (Å²) in [4.78, 5) is 21.9. The molecule has 7 nitrogen and oxygen atoms in total. The van der Waals surface area contributed by atoms with Gasteiger partial charge in [0.05, 0.1) is 22.8 Å². The van der Waals surface area contributed by atoms with Gasteiger partial charge in [0.2, 0.25) is 0 Å². The van der Waals surface area contributed by atoms with Crippen molar-refractivity contribution in [3.05, 3.63) is 72.8 Å². The van der Waals surface area contributed by atoms with Gasteiger partial charge < -0.3 is 9.84 Å². The van der Waals surface area contributed by atoms with Crippen LogP contribution in [-0.2, 0) is 6.42 Å². The number of hydrogen-bond acceptors (Lipinski definition) is 5. The van der Waals surface area contributed by atoms with E-state index < -0.39 is 0 Å².